The van der Waals surface area contributed by atoms with E-state index in [1.807, 2.05) is 0 Å². The topological polar surface area (TPSA) is 86.7 Å². The summed E-state index contributed by atoms with van der Waals surface area (Å²) in [5.74, 6) is 0. The van der Waals surface area contributed by atoms with Crippen LogP contribution < -0.4 is 5.73 Å². The average Bonchev–Trinajstić information content (AvgIpc) is 2.14. The third kappa shape index (κ3) is 0.983. The molecule has 0 aliphatic carbocycles. The zero-order chi connectivity index (χ0) is 6.85. The first-order valence-electron chi connectivity index (χ1n) is 1.95. The molecule has 1 heterocycles. The van der Waals surface area contributed by atoms with Crippen molar-refractivity contribution in [1.82, 2.24) is 20.2 Å². The standard InChI is InChI=1S/C2H2FN5O/c3-1-5-7-8(6-1)2(4)9/h(H2,4,9). The van der Waals surface area contributed by atoms with Gasteiger partial charge in [0.05, 0.1) is 0 Å². The normalized spacial score (nSPS) is 9.44. The quantitative estimate of drug-likeness (QED) is 0.476. The highest BCUT2D eigenvalue weighted by Gasteiger charge is 2.03. The molecule has 0 fully saturated rings. The van der Waals surface area contributed by atoms with Crippen LogP contribution in [0.5, 0.6) is 0 Å². The largest absolute Gasteiger partial charge is 0.358 e. The second-order valence-electron chi connectivity index (χ2n) is 1.19. The maximum atomic E-state index is 11.8. The number of tetrazole rings is 1. The molecule has 1 amide bonds. The van der Waals surface area contributed by atoms with Gasteiger partial charge in [-0.3, -0.25) is 0 Å². The smallest absolute Gasteiger partial charge is 0.348 e. The van der Waals surface area contributed by atoms with Gasteiger partial charge in [0.15, 0.2) is 0 Å². The Morgan fingerprint density at radius 1 is 1.78 bits per heavy atom. The van der Waals surface area contributed by atoms with Crippen LogP contribution in [0.1, 0.15) is 0 Å². The molecule has 0 saturated heterocycles. The predicted octanol–water partition coefficient (Wildman–Crippen LogP) is -1.26. The fraction of sp³-hybridized carbons (Fsp3) is 0. The van der Waals surface area contributed by atoms with Gasteiger partial charge in [-0.15, -0.1) is 0 Å². The summed E-state index contributed by atoms with van der Waals surface area (Å²) in [5, 5.41) is 8.56. The Bertz CT molecular complexity index is 231. The van der Waals surface area contributed by atoms with E-state index in [0.717, 1.165) is 0 Å². The molecule has 0 aliphatic rings. The van der Waals surface area contributed by atoms with Crippen molar-refractivity contribution in [3.05, 3.63) is 6.08 Å². The lowest BCUT2D eigenvalue weighted by atomic mass is 11.1. The highest BCUT2D eigenvalue weighted by molar-refractivity contribution is 5.71. The Morgan fingerprint density at radius 2 is 2.44 bits per heavy atom. The van der Waals surface area contributed by atoms with Crippen LogP contribution in [0.25, 0.3) is 0 Å². The molecule has 7 heteroatoms. The van der Waals surface area contributed by atoms with Crippen LogP contribution in [0.15, 0.2) is 0 Å². The summed E-state index contributed by atoms with van der Waals surface area (Å²) < 4.78 is 11.8. The van der Waals surface area contributed by atoms with Crippen LogP contribution >= 0.6 is 0 Å². The zero-order valence-corrected chi connectivity index (χ0v) is 4.15. The van der Waals surface area contributed by atoms with E-state index in [-0.39, 0.29) is 0 Å². The molecule has 0 bridgehead atoms. The van der Waals surface area contributed by atoms with Crippen molar-refractivity contribution in [2.75, 3.05) is 0 Å². The van der Waals surface area contributed by atoms with E-state index >= 15 is 0 Å². The molecule has 0 spiro atoms. The molecule has 6 nitrogen and oxygen atoms in total. The van der Waals surface area contributed by atoms with Gasteiger partial charge in [0.2, 0.25) is 0 Å². The Hall–Kier alpha value is -1.53. The van der Waals surface area contributed by atoms with Crippen LogP contribution in [0.4, 0.5) is 9.18 Å². The number of carbonyl (C=O) groups excluding carboxylic acids is 1. The minimum Gasteiger partial charge on any atom is -0.348 e. The summed E-state index contributed by atoms with van der Waals surface area (Å²) >= 11 is 0. The number of hydrogen-bond donors (Lipinski definition) is 1. The van der Waals surface area contributed by atoms with E-state index in [1.54, 1.807) is 0 Å². The van der Waals surface area contributed by atoms with Crippen molar-refractivity contribution >= 4 is 6.03 Å². The number of rotatable bonds is 0. The molecular formula is C2H2FN5O. The van der Waals surface area contributed by atoms with Gasteiger partial charge < -0.3 is 5.73 Å². The van der Waals surface area contributed by atoms with E-state index in [2.05, 4.69) is 21.1 Å². The molecule has 1 aromatic rings. The molecule has 0 unspecified atom stereocenters. The molecule has 0 aromatic carbocycles. The lowest BCUT2D eigenvalue weighted by Crippen LogP contribution is -2.22. The molecule has 0 atom stereocenters. The second kappa shape index (κ2) is 1.77. The fourth-order valence-corrected chi connectivity index (χ4v) is 0.291. The minimum absolute atomic E-state index is 0.356. The monoisotopic (exact) mass is 131 g/mol. The van der Waals surface area contributed by atoms with Crippen molar-refractivity contribution in [2.45, 2.75) is 0 Å². The molecule has 1 aromatic heterocycles. The number of aromatic nitrogens is 4. The van der Waals surface area contributed by atoms with E-state index in [9.17, 15) is 9.18 Å². The average molecular weight is 131 g/mol. The number of hydrogen-bond acceptors (Lipinski definition) is 4. The molecule has 0 aliphatic heterocycles. The maximum absolute atomic E-state index is 11.8. The lowest BCUT2D eigenvalue weighted by Gasteiger charge is -1.82. The third-order valence-electron chi connectivity index (χ3n) is 0.586. The zero-order valence-electron chi connectivity index (χ0n) is 4.15. The number of halogens is 1. The summed E-state index contributed by atoms with van der Waals surface area (Å²) in [6, 6.07) is -0.966. The molecule has 48 valence electrons. The van der Waals surface area contributed by atoms with Gasteiger partial charge in [0.1, 0.15) is 0 Å². The minimum atomic E-state index is -1.08. The van der Waals surface area contributed by atoms with Crippen LogP contribution in [-0.4, -0.2) is 26.2 Å². The Balaban J connectivity index is 2.98. The van der Waals surface area contributed by atoms with Gasteiger partial charge >= 0.3 is 12.1 Å². The predicted molar refractivity (Wildman–Crippen MR) is 22.8 cm³/mol. The summed E-state index contributed by atoms with van der Waals surface area (Å²) in [6.45, 7) is 0. The van der Waals surface area contributed by atoms with Crippen LogP contribution in [0.2, 0.25) is 0 Å². The van der Waals surface area contributed by atoms with Gasteiger partial charge in [-0.25, -0.2) is 4.79 Å². The van der Waals surface area contributed by atoms with Crippen LogP contribution in [-0.2, 0) is 0 Å². The Kier molecular flexibility index (Phi) is 1.10. The van der Waals surface area contributed by atoms with E-state index in [1.165, 1.54) is 0 Å². The van der Waals surface area contributed by atoms with Crippen molar-refractivity contribution < 1.29 is 9.18 Å². The number of carbonyl (C=O) groups is 1. The number of primary amides is 1. The molecule has 2 N–H and O–H groups in total. The number of amides is 1. The van der Waals surface area contributed by atoms with Gasteiger partial charge in [0.25, 0.3) is 0 Å². The Morgan fingerprint density at radius 3 is 2.67 bits per heavy atom. The number of nitrogens with zero attached hydrogens (tertiary/aromatic N) is 4. The lowest BCUT2D eigenvalue weighted by molar-refractivity contribution is 0.243. The van der Waals surface area contributed by atoms with E-state index < -0.39 is 12.1 Å². The maximum Gasteiger partial charge on any atom is 0.358 e. The summed E-state index contributed by atoms with van der Waals surface area (Å²) in [7, 11) is 0. The van der Waals surface area contributed by atoms with E-state index in [0.29, 0.717) is 4.80 Å². The van der Waals surface area contributed by atoms with Crippen molar-refractivity contribution in [3.8, 4) is 0 Å². The van der Waals surface area contributed by atoms with Crippen LogP contribution in [0, 0.1) is 6.08 Å². The van der Waals surface area contributed by atoms with E-state index in [4.69, 9.17) is 0 Å². The highest BCUT2D eigenvalue weighted by Crippen LogP contribution is 1.78. The number of nitrogens with two attached hydrogens (primary N) is 1. The Labute approximate surface area is 48.4 Å². The van der Waals surface area contributed by atoms with Crippen molar-refractivity contribution in [1.29, 1.82) is 0 Å². The highest BCUT2D eigenvalue weighted by atomic mass is 19.1. The van der Waals surface area contributed by atoms with Gasteiger partial charge in [-0.05, 0) is 5.21 Å². The van der Waals surface area contributed by atoms with Gasteiger partial charge in [-0.2, -0.15) is 4.39 Å². The van der Waals surface area contributed by atoms with Crippen molar-refractivity contribution in [2.24, 2.45) is 5.73 Å². The van der Waals surface area contributed by atoms with Crippen LogP contribution in [0.3, 0.4) is 0 Å². The first-order valence-corrected chi connectivity index (χ1v) is 1.95. The molecule has 9 heavy (non-hydrogen) atoms. The first kappa shape index (κ1) is 5.60. The molecule has 0 radical (unpaired) electrons. The fourth-order valence-electron chi connectivity index (χ4n) is 0.291. The molecule has 0 saturated carbocycles. The second-order valence-corrected chi connectivity index (χ2v) is 1.19. The SMILES string of the molecule is NC(=O)n1nnc(F)n1. The summed E-state index contributed by atoms with van der Waals surface area (Å²) in [6.07, 6.45) is -1.08. The summed E-state index contributed by atoms with van der Waals surface area (Å²) in [5.41, 5.74) is 4.62. The van der Waals surface area contributed by atoms with Crippen molar-refractivity contribution in [3.63, 3.8) is 0 Å². The third-order valence-corrected chi connectivity index (χ3v) is 0.586. The first-order chi connectivity index (χ1) is 4.20. The van der Waals surface area contributed by atoms with Gasteiger partial charge in [0, 0.05) is 0 Å². The van der Waals surface area contributed by atoms with Gasteiger partial charge in [-0.1, -0.05) is 15.0 Å². The molecule has 1 rings (SSSR count). The molecular weight excluding hydrogens is 129 g/mol. The summed E-state index contributed by atoms with van der Waals surface area (Å²) in [4.78, 5) is 10.4.